The lowest BCUT2D eigenvalue weighted by molar-refractivity contribution is 0.0696. The third-order valence-corrected chi connectivity index (χ3v) is 3.04. The number of carboxylic acid groups (broad SMARTS) is 1. The van der Waals surface area contributed by atoms with E-state index in [1.165, 1.54) is 0 Å². The Kier molecular flexibility index (Phi) is 4.15. The molecule has 18 heavy (non-hydrogen) atoms. The number of rotatable bonds is 5. The van der Waals surface area contributed by atoms with E-state index in [2.05, 4.69) is 11.4 Å². The summed E-state index contributed by atoms with van der Waals surface area (Å²) in [7, 11) is 1.84. The van der Waals surface area contributed by atoms with Crippen molar-refractivity contribution in [1.82, 2.24) is 9.88 Å². The summed E-state index contributed by atoms with van der Waals surface area (Å²) in [5.74, 6) is -0.910. The molecule has 0 atom stereocenters. The van der Waals surface area contributed by atoms with Crippen LogP contribution in [-0.4, -0.2) is 22.2 Å². The van der Waals surface area contributed by atoms with Crippen LogP contribution in [0.1, 0.15) is 35.6 Å². The first-order valence-electron chi connectivity index (χ1n) is 5.79. The summed E-state index contributed by atoms with van der Waals surface area (Å²) in [5, 5.41) is 21.1. The number of hydrogen-bond donors (Lipinski definition) is 2. The predicted octanol–water partition coefficient (Wildman–Crippen LogP) is 1.67. The van der Waals surface area contributed by atoms with E-state index in [1.807, 2.05) is 25.5 Å². The van der Waals surface area contributed by atoms with Crippen molar-refractivity contribution in [2.24, 2.45) is 12.5 Å². The highest BCUT2D eigenvalue weighted by Crippen LogP contribution is 2.15. The molecular weight excluding hydrogens is 230 g/mol. The van der Waals surface area contributed by atoms with Crippen LogP contribution in [0.15, 0.2) is 6.07 Å². The molecule has 1 rings (SSSR count). The van der Waals surface area contributed by atoms with Gasteiger partial charge in [0, 0.05) is 31.5 Å². The summed E-state index contributed by atoms with van der Waals surface area (Å²) in [6.45, 7) is 6.62. The van der Waals surface area contributed by atoms with Crippen molar-refractivity contribution in [1.29, 1.82) is 5.26 Å². The number of nitrogens with zero attached hydrogens (tertiary/aromatic N) is 2. The molecule has 2 N–H and O–H groups in total. The summed E-state index contributed by atoms with van der Waals surface area (Å²) in [6, 6.07) is 3.88. The lowest BCUT2D eigenvalue weighted by Gasteiger charge is -2.16. The summed E-state index contributed by atoms with van der Waals surface area (Å²) >= 11 is 0. The molecule has 0 aliphatic heterocycles. The maximum absolute atomic E-state index is 11.0. The minimum absolute atomic E-state index is 0.328. The number of hydrogen-bond acceptors (Lipinski definition) is 3. The van der Waals surface area contributed by atoms with Gasteiger partial charge in [-0.2, -0.15) is 5.26 Å². The molecule has 0 fully saturated rings. The van der Waals surface area contributed by atoms with Crippen molar-refractivity contribution >= 4 is 5.97 Å². The zero-order valence-electron chi connectivity index (χ0n) is 11.2. The van der Waals surface area contributed by atoms with E-state index in [9.17, 15) is 4.79 Å². The van der Waals surface area contributed by atoms with Crippen molar-refractivity contribution in [3.05, 3.63) is 23.0 Å². The van der Waals surface area contributed by atoms with Crippen molar-refractivity contribution in [2.45, 2.75) is 27.3 Å². The van der Waals surface area contributed by atoms with Gasteiger partial charge in [-0.1, -0.05) is 0 Å². The van der Waals surface area contributed by atoms with Gasteiger partial charge in [0.2, 0.25) is 0 Å². The van der Waals surface area contributed by atoms with Crippen LogP contribution < -0.4 is 5.32 Å². The van der Waals surface area contributed by atoms with Crippen LogP contribution in [0.2, 0.25) is 0 Å². The normalized spacial score (nSPS) is 11.3. The molecule has 98 valence electrons. The quantitative estimate of drug-likeness (QED) is 0.832. The third-order valence-electron chi connectivity index (χ3n) is 3.04. The number of carboxylic acids is 1. The van der Waals surface area contributed by atoms with E-state index >= 15 is 0 Å². The van der Waals surface area contributed by atoms with E-state index in [4.69, 9.17) is 10.4 Å². The Labute approximate surface area is 107 Å². The lowest BCUT2D eigenvalue weighted by atomic mass is 9.96. The molecule has 1 aromatic rings. The van der Waals surface area contributed by atoms with Crippen molar-refractivity contribution in [2.75, 3.05) is 6.54 Å². The summed E-state index contributed by atoms with van der Waals surface area (Å²) < 4.78 is 1.86. The predicted molar refractivity (Wildman–Crippen MR) is 68.2 cm³/mol. The van der Waals surface area contributed by atoms with Gasteiger partial charge >= 0.3 is 5.97 Å². The second-order valence-electron chi connectivity index (χ2n) is 5.10. The second-order valence-corrected chi connectivity index (χ2v) is 5.10. The molecule has 5 nitrogen and oxygen atoms in total. The first-order chi connectivity index (χ1) is 8.28. The zero-order valence-corrected chi connectivity index (χ0v) is 11.2. The van der Waals surface area contributed by atoms with Gasteiger partial charge in [-0.3, -0.25) is 0 Å². The van der Waals surface area contributed by atoms with Gasteiger partial charge in [0.15, 0.2) is 0 Å². The SMILES string of the molecule is Cc1c(C(=O)O)cc(CNCC(C)(C)C#N)n1C. The Morgan fingerprint density at radius 2 is 2.22 bits per heavy atom. The molecule has 0 saturated heterocycles. The zero-order chi connectivity index (χ0) is 13.9. The molecule has 0 radical (unpaired) electrons. The first-order valence-corrected chi connectivity index (χ1v) is 5.79. The maximum atomic E-state index is 11.0. The number of nitriles is 1. The minimum atomic E-state index is -0.910. The topological polar surface area (TPSA) is 78.1 Å². The molecule has 0 aromatic carbocycles. The molecule has 0 bridgehead atoms. The second kappa shape index (κ2) is 5.23. The molecule has 5 heteroatoms. The van der Waals surface area contributed by atoms with Gasteiger partial charge in [0.05, 0.1) is 17.0 Å². The molecule has 0 aliphatic rings. The largest absolute Gasteiger partial charge is 0.478 e. The first kappa shape index (κ1) is 14.3. The van der Waals surface area contributed by atoms with Crippen molar-refractivity contribution < 1.29 is 9.90 Å². The fourth-order valence-corrected chi connectivity index (χ4v) is 1.69. The summed E-state index contributed by atoms with van der Waals surface area (Å²) in [6.07, 6.45) is 0. The molecule has 0 spiro atoms. The molecule has 0 unspecified atom stereocenters. The highest BCUT2D eigenvalue weighted by atomic mass is 16.4. The minimum Gasteiger partial charge on any atom is -0.478 e. The summed E-state index contributed by atoms with van der Waals surface area (Å²) in [5.41, 5.74) is 1.54. The highest BCUT2D eigenvalue weighted by molar-refractivity contribution is 5.89. The number of aromatic nitrogens is 1. The van der Waals surface area contributed by atoms with Crippen molar-refractivity contribution in [3.63, 3.8) is 0 Å². The van der Waals surface area contributed by atoms with Gasteiger partial charge in [-0.15, -0.1) is 0 Å². The van der Waals surface area contributed by atoms with Crippen LogP contribution in [-0.2, 0) is 13.6 Å². The van der Waals surface area contributed by atoms with E-state index in [0.29, 0.717) is 18.7 Å². The van der Waals surface area contributed by atoms with Gasteiger partial charge in [0.25, 0.3) is 0 Å². The van der Waals surface area contributed by atoms with E-state index in [1.54, 1.807) is 13.0 Å². The van der Waals surface area contributed by atoms with E-state index in [0.717, 1.165) is 11.4 Å². The van der Waals surface area contributed by atoms with Crippen LogP contribution in [0.5, 0.6) is 0 Å². The Hall–Kier alpha value is -1.80. The highest BCUT2D eigenvalue weighted by Gasteiger charge is 2.17. The summed E-state index contributed by atoms with van der Waals surface area (Å²) in [4.78, 5) is 11.0. The monoisotopic (exact) mass is 249 g/mol. The maximum Gasteiger partial charge on any atom is 0.337 e. The van der Waals surface area contributed by atoms with E-state index < -0.39 is 11.4 Å². The fourth-order valence-electron chi connectivity index (χ4n) is 1.69. The van der Waals surface area contributed by atoms with Crippen LogP contribution in [0.3, 0.4) is 0 Å². The molecule has 0 aliphatic carbocycles. The Bertz CT molecular complexity index is 495. The average Bonchev–Trinajstić information content (AvgIpc) is 2.57. The van der Waals surface area contributed by atoms with Crippen LogP contribution in [0.25, 0.3) is 0 Å². The Balaban J connectivity index is 2.73. The van der Waals surface area contributed by atoms with Gasteiger partial charge in [-0.25, -0.2) is 4.79 Å². The number of carbonyl (C=O) groups is 1. The van der Waals surface area contributed by atoms with Crippen molar-refractivity contribution in [3.8, 4) is 6.07 Å². The average molecular weight is 249 g/mol. The lowest BCUT2D eigenvalue weighted by Crippen LogP contribution is -2.28. The molecular formula is C13H19N3O2. The smallest absolute Gasteiger partial charge is 0.337 e. The van der Waals surface area contributed by atoms with Gasteiger partial charge in [-0.05, 0) is 26.8 Å². The molecule has 1 heterocycles. The fraction of sp³-hybridized carbons (Fsp3) is 0.538. The van der Waals surface area contributed by atoms with E-state index in [-0.39, 0.29) is 0 Å². The van der Waals surface area contributed by atoms with Crippen LogP contribution in [0.4, 0.5) is 0 Å². The standard InChI is InChI=1S/C13H19N3O2/c1-9-11(12(17)18)5-10(16(9)4)6-15-8-13(2,3)7-14/h5,15H,6,8H2,1-4H3,(H,17,18). The van der Waals surface area contributed by atoms with Gasteiger partial charge in [0.1, 0.15) is 0 Å². The van der Waals surface area contributed by atoms with Crippen LogP contribution >= 0.6 is 0 Å². The molecule has 0 amide bonds. The Morgan fingerprint density at radius 3 is 2.67 bits per heavy atom. The number of aromatic carboxylic acids is 1. The molecule has 0 saturated carbocycles. The van der Waals surface area contributed by atoms with Gasteiger partial charge < -0.3 is 15.0 Å². The molecule has 1 aromatic heterocycles. The Morgan fingerprint density at radius 1 is 1.61 bits per heavy atom. The van der Waals surface area contributed by atoms with Crippen LogP contribution in [0, 0.1) is 23.7 Å². The third kappa shape index (κ3) is 3.11. The number of nitrogens with one attached hydrogen (secondary N) is 1.